The minimum Gasteiger partial charge on any atom is -0.465 e. The van der Waals surface area contributed by atoms with Gasteiger partial charge in [0, 0.05) is 37.5 Å². The van der Waals surface area contributed by atoms with Crippen molar-refractivity contribution in [2.24, 2.45) is 0 Å². The third kappa shape index (κ3) is 2.73. The third-order valence-electron chi connectivity index (χ3n) is 4.14. The molecule has 0 bridgehead atoms. The molecule has 0 fully saturated rings. The maximum Gasteiger partial charge on any atom is 0.255 e. The Morgan fingerprint density at radius 3 is 2.95 bits per heavy atom. The molecule has 0 spiro atoms. The summed E-state index contributed by atoms with van der Waals surface area (Å²) in [6.07, 6.45) is 7.90. The van der Waals surface area contributed by atoms with Crippen LogP contribution in [-0.2, 0) is 19.4 Å². The van der Waals surface area contributed by atoms with E-state index in [4.69, 9.17) is 4.42 Å². The Morgan fingerprint density at radius 2 is 2.19 bits per heavy atom. The molecule has 5 nitrogen and oxygen atoms in total. The van der Waals surface area contributed by atoms with Gasteiger partial charge in [-0.05, 0) is 33.1 Å². The molecule has 0 aliphatic heterocycles. The van der Waals surface area contributed by atoms with E-state index in [2.05, 4.69) is 10.3 Å². The summed E-state index contributed by atoms with van der Waals surface area (Å²) in [5.74, 6) is 2.70. The van der Waals surface area contributed by atoms with E-state index >= 15 is 0 Å². The molecular formula is C16H21N3O2. The van der Waals surface area contributed by atoms with Crippen molar-refractivity contribution < 1.29 is 9.21 Å². The number of carbonyl (C=O) groups is 1. The van der Waals surface area contributed by atoms with Crippen LogP contribution in [0.1, 0.15) is 46.1 Å². The number of carbonyl (C=O) groups excluding carboxylic acids is 1. The molecule has 0 radical (unpaired) electrons. The molecule has 1 amide bonds. The molecule has 1 aliphatic rings. The molecule has 0 atom stereocenters. The third-order valence-corrected chi connectivity index (χ3v) is 4.14. The van der Waals surface area contributed by atoms with Crippen molar-refractivity contribution in [3.05, 3.63) is 40.9 Å². The number of aryl methyl sites for hydroxylation is 3. The van der Waals surface area contributed by atoms with Crippen molar-refractivity contribution in [3.8, 4) is 0 Å². The monoisotopic (exact) mass is 287 g/mol. The molecule has 2 aromatic rings. The van der Waals surface area contributed by atoms with Crippen LogP contribution in [0.25, 0.3) is 0 Å². The van der Waals surface area contributed by atoms with E-state index < -0.39 is 0 Å². The van der Waals surface area contributed by atoms with Gasteiger partial charge in [0.05, 0.1) is 5.56 Å². The van der Waals surface area contributed by atoms with Gasteiger partial charge in [-0.25, -0.2) is 4.98 Å². The number of fused-ring (bicyclic) bond motifs is 1. The first-order valence-corrected chi connectivity index (χ1v) is 7.54. The van der Waals surface area contributed by atoms with E-state index in [1.165, 1.54) is 0 Å². The highest BCUT2D eigenvalue weighted by Gasteiger charge is 2.24. The maximum atomic E-state index is 12.4. The first-order chi connectivity index (χ1) is 10.2. The molecule has 2 heterocycles. The minimum atomic E-state index is -0.0165. The average Bonchev–Trinajstić information content (AvgIpc) is 3.01. The van der Waals surface area contributed by atoms with Crippen molar-refractivity contribution in [2.45, 2.75) is 46.1 Å². The second kappa shape index (κ2) is 5.76. The number of imidazole rings is 1. The van der Waals surface area contributed by atoms with Gasteiger partial charge in [-0.2, -0.15) is 0 Å². The van der Waals surface area contributed by atoms with Crippen molar-refractivity contribution in [2.75, 3.05) is 6.54 Å². The molecule has 5 heteroatoms. The number of amides is 1. The summed E-state index contributed by atoms with van der Waals surface area (Å²) in [6.45, 7) is 5.16. The summed E-state index contributed by atoms with van der Waals surface area (Å²) >= 11 is 0. The number of nitrogens with zero attached hydrogens (tertiary/aromatic N) is 2. The number of hydrogen-bond donors (Lipinski definition) is 1. The zero-order valence-corrected chi connectivity index (χ0v) is 12.6. The fraction of sp³-hybridized carbons (Fsp3) is 0.500. The summed E-state index contributed by atoms with van der Waals surface area (Å²) in [5.41, 5.74) is 1.88. The highest BCUT2D eigenvalue weighted by atomic mass is 16.3. The van der Waals surface area contributed by atoms with Gasteiger partial charge in [-0.3, -0.25) is 4.79 Å². The lowest BCUT2D eigenvalue weighted by atomic mass is 9.94. The van der Waals surface area contributed by atoms with Crippen molar-refractivity contribution in [3.63, 3.8) is 0 Å². The van der Waals surface area contributed by atoms with E-state index in [9.17, 15) is 4.79 Å². The number of aromatic nitrogens is 2. The van der Waals surface area contributed by atoms with Gasteiger partial charge in [-0.1, -0.05) is 0 Å². The van der Waals surface area contributed by atoms with Crippen LogP contribution >= 0.6 is 0 Å². The van der Waals surface area contributed by atoms with Crippen LogP contribution in [0, 0.1) is 13.8 Å². The minimum absolute atomic E-state index is 0.0165. The van der Waals surface area contributed by atoms with Gasteiger partial charge in [-0.15, -0.1) is 0 Å². The maximum absolute atomic E-state index is 12.4. The van der Waals surface area contributed by atoms with Crippen LogP contribution in [-0.4, -0.2) is 22.0 Å². The second-order valence-electron chi connectivity index (χ2n) is 5.57. The van der Waals surface area contributed by atoms with E-state index in [0.717, 1.165) is 60.7 Å². The lowest BCUT2D eigenvalue weighted by Gasteiger charge is -2.11. The van der Waals surface area contributed by atoms with Crippen LogP contribution in [0.3, 0.4) is 0 Å². The quantitative estimate of drug-likeness (QED) is 0.939. The fourth-order valence-electron chi connectivity index (χ4n) is 3.02. The largest absolute Gasteiger partial charge is 0.465 e. The molecular weight excluding hydrogens is 266 g/mol. The Balaban J connectivity index is 1.66. The predicted octanol–water partition coefficient (Wildman–Crippen LogP) is 2.40. The van der Waals surface area contributed by atoms with E-state index in [1.807, 2.05) is 24.6 Å². The number of furan rings is 1. The standard InChI is InChI=1S/C16H21N3O2/c1-11-15(13-5-3-4-6-14(13)21-11)16(20)18-8-10-19-9-7-17-12(19)2/h7,9H,3-6,8,10H2,1-2H3,(H,18,20). The average molecular weight is 287 g/mol. The molecule has 0 unspecified atom stereocenters. The molecule has 21 heavy (non-hydrogen) atoms. The fourth-order valence-corrected chi connectivity index (χ4v) is 3.02. The van der Waals surface area contributed by atoms with E-state index in [-0.39, 0.29) is 5.91 Å². The molecule has 112 valence electrons. The lowest BCUT2D eigenvalue weighted by molar-refractivity contribution is 0.0950. The Labute approximate surface area is 124 Å². The molecule has 0 saturated heterocycles. The number of rotatable bonds is 4. The highest BCUT2D eigenvalue weighted by molar-refractivity contribution is 5.97. The molecule has 1 aliphatic carbocycles. The Hall–Kier alpha value is -2.04. The van der Waals surface area contributed by atoms with Gasteiger partial charge in [0.15, 0.2) is 0 Å². The van der Waals surface area contributed by atoms with Crippen molar-refractivity contribution in [1.82, 2.24) is 14.9 Å². The van der Waals surface area contributed by atoms with Crippen molar-refractivity contribution in [1.29, 1.82) is 0 Å². The smallest absolute Gasteiger partial charge is 0.255 e. The molecule has 0 saturated carbocycles. The SMILES string of the molecule is Cc1oc2c(c1C(=O)NCCn1ccnc1C)CCCC2. The molecule has 2 aromatic heterocycles. The predicted molar refractivity (Wildman–Crippen MR) is 79.4 cm³/mol. The highest BCUT2D eigenvalue weighted by Crippen LogP contribution is 2.29. The van der Waals surface area contributed by atoms with E-state index in [0.29, 0.717) is 6.54 Å². The number of nitrogens with one attached hydrogen (secondary N) is 1. The van der Waals surface area contributed by atoms with Gasteiger partial charge >= 0.3 is 0 Å². The van der Waals surface area contributed by atoms with Gasteiger partial charge in [0.1, 0.15) is 17.3 Å². The van der Waals surface area contributed by atoms with Crippen LogP contribution < -0.4 is 5.32 Å². The van der Waals surface area contributed by atoms with Crippen LogP contribution in [0.4, 0.5) is 0 Å². The zero-order chi connectivity index (χ0) is 14.8. The van der Waals surface area contributed by atoms with Gasteiger partial charge in [0.2, 0.25) is 0 Å². The van der Waals surface area contributed by atoms with Crippen LogP contribution in [0.15, 0.2) is 16.8 Å². The summed E-state index contributed by atoms with van der Waals surface area (Å²) in [5, 5.41) is 2.99. The first-order valence-electron chi connectivity index (χ1n) is 7.54. The summed E-state index contributed by atoms with van der Waals surface area (Å²) in [7, 11) is 0. The second-order valence-corrected chi connectivity index (χ2v) is 5.57. The van der Waals surface area contributed by atoms with Crippen molar-refractivity contribution >= 4 is 5.91 Å². The zero-order valence-electron chi connectivity index (χ0n) is 12.6. The molecule has 1 N–H and O–H groups in total. The lowest BCUT2D eigenvalue weighted by Crippen LogP contribution is -2.28. The topological polar surface area (TPSA) is 60.1 Å². The molecule has 3 rings (SSSR count). The summed E-state index contributed by atoms with van der Waals surface area (Å²) in [6, 6.07) is 0. The van der Waals surface area contributed by atoms with E-state index in [1.54, 1.807) is 6.20 Å². The summed E-state index contributed by atoms with van der Waals surface area (Å²) in [4.78, 5) is 16.6. The Bertz CT molecular complexity index is 655. The molecule has 0 aromatic carbocycles. The van der Waals surface area contributed by atoms with Gasteiger partial charge < -0.3 is 14.3 Å². The number of hydrogen-bond acceptors (Lipinski definition) is 3. The Kier molecular flexibility index (Phi) is 3.82. The Morgan fingerprint density at radius 1 is 1.38 bits per heavy atom. The van der Waals surface area contributed by atoms with Crippen LogP contribution in [0.2, 0.25) is 0 Å². The van der Waals surface area contributed by atoms with Gasteiger partial charge in [0.25, 0.3) is 5.91 Å². The van der Waals surface area contributed by atoms with Crippen LogP contribution in [0.5, 0.6) is 0 Å². The first kappa shape index (κ1) is 13.9. The normalized spacial score (nSPS) is 14.0. The summed E-state index contributed by atoms with van der Waals surface area (Å²) < 4.78 is 7.78.